The normalized spacial score (nSPS) is 23.6. The van der Waals surface area contributed by atoms with Gasteiger partial charge in [-0.25, -0.2) is 0 Å². The molecule has 1 aromatic rings. The van der Waals surface area contributed by atoms with Crippen LogP contribution in [-0.2, 0) is 4.74 Å². The maximum absolute atomic E-state index is 12.3. The molecule has 22 heavy (non-hydrogen) atoms. The summed E-state index contributed by atoms with van der Waals surface area (Å²) in [4.78, 5) is 18.9. The molecule has 3 heterocycles. The second kappa shape index (κ2) is 7.20. The largest absolute Gasteiger partial charge is 0.381 e. The van der Waals surface area contributed by atoms with Crippen molar-refractivity contribution in [3.8, 4) is 0 Å². The Morgan fingerprint density at radius 1 is 1.41 bits per heavy atom. The third kappa shape index (κ3) is 3.65. The second-order valence-electron chi connectivity index (χ2n) is 6.38. The van der Waals surface area contributed by atoms with Crippen LogP contribution in [0.25, 0.3) is 0 Å². The molecule has 0 saturated carbocycles. The van der Waals surface area contributed by atoms with Crippen molar-refractivity contribution in [2.24, 2.45) is 5.92 Å². The molecule has 0 aromatic carbocycles. The van der Waals surface area contributed by atoms with E-state index in [0.29, 0.717) is 17.7 Å². The lowest BCUT2D eigenvalue weighted by atomic mass is 10.0. The number of carbonyl (C=O) groups is 1. The topological polar surface area (TPSA) is 54.5 Å². The zero-order valence-corrected chi connectivity index (χ0v) is 13.3. The Labute approximate surface area is 132 Å². The highest BCUT2D eigenvalue weighted by Crippen LogP contribution is 2.30. The molecule has 120 valence electrons. The van der Waals surface area contributed by atoms with E-state index in [0.717, 1.165) is 45.6 Å². The lowest BCUT2D eigenvalue weighted by Gasteiger charge is -2.22. The van der Waals surface area contributed by atoms with Crippen LogP contribution < -0.4 is 5.32 Å². The van der Waals surface area contributed by atoms with Gasteiger partial charge in [0.1, 0.15) is 5.69 Å². The van der Waals surface area contributed by atoms with Crippen molar-refractivity contribution < 1.29 is 9.53 Å². The van der Waals surface area contributed by atoms with Crippen molar-refractivity contribution in [1.82, 2.24) is 15.2 Å². The third-order valence-corrected chi connectivity index (χ3v) is 4.81. The molecule has 3 rings (SSSR count). The highest BCUT2D eigenvalue weighted by Gasteiger charge is 2.23. The molecule has 0 spiro atoms. The Hall–Kier alpha value is -1.46. The zero-order chi connectivity index (χ0) is 15.4. The number of nitrogens with one attached hydrogen (secondary N) is 1. The van der Waals surface area contributed by atoms with E-state index in [1.54, 1.807) is 6.20 Å². The molecule has 2 aliphatic heterocycles. The number of hydrogen-bond acceptors (Lipinski definition) is 4. The molecule has 1 unspecified atom stereocenters. The quantitative estimate of drug-likeness (QED) is 0.924. The minimum atomic E-state index is -0.0611. The van der Waals surface area contributed by atoms with E-state index in [-0.39, 0.29) is 5.91 Å². The Bertz CT molecular complexity index is 514. The first kappa shape index (κ1) is 15.4. The summed E-state index contributed by atoms with van der Waals surface area (Å²) in [5.74, 6) is 0.468. The maximum atomic E-state index is 12.3. The Morgan fingerprint density at radius 3 is 2.95 bits per heavy atom. The van der Waals surface area contributed by atoms with E-state index in [9.17, 15) is 4.79 Å². The van der Waals surface area contributed by atoms with Crippen LogP contribution in [0.4, 0.5) is 0 Å². The fourth-order valence-corrected chi connectivity index (χ4v) is 3.39. The summed E-state index contributed by atoms with van der Waals surface area (Å²) >= 11 is 0. The minimum absolute atomic E-state index is 0.0611. The summed E-state index contributed by atoms with van der Waals surface area (Å²) in [6.07, 6.45) is 6.19. The molecule has 5 heteroatoms. The Morgan fingerprint density at radius 2 is 2.23 bits per heavy atom. The van der Waals surface area contributed by atoms with Gasteiger partial charge >= 0.3 is 0 Å². The summed E-state index contributed by atoms with van der Waals surface area (Å²) < 4.78 is 5.34. The van der Waals surface area contributed by atoms with Gasteiger partial charge in [0.15, 0.2) is 0 Å². The predicted molar refractivity (Wildman–Crippen MR) is 84.7 cm³/mol. The van der Waals surface area contributed by atoms with Crippen LogP contribution in [0.3, 0.4) is 0 Å². The molecule has 1 atom stereocenters. The van der Waals surface area contributed by atoms with Crippen molar-refractivity contribution in [1.29, 1.82) is 0 Å². The Kier molecular flexibility index (Phi) is 5.05. The van der Waals surface area contributed by atoms with Crippen molar-refractivity contribution in [2.45, 2.75) is 31.7 Å². The molecule has 1 N–H and O–H groups in total. The average Bonchev–Trinajstić information content (AvgIpc) is 3.00. The fourth-order valence-electron chi connectivity index (χ4n) is 3.39. The summed E-state index contributed by atoms with van der Waals surface area (Å²) in [7, 11) is 2.14. The molecule has 0 bridgehead atoms. The van der Waals surface area contributed by atoms with Crippen molar-refractivity contribution >= 4 is 5.91 Å². The van der Waals surface area contributed by atoms with Crippen molar-refractivity contribution in [3.63, 3.8) is 0 Å². The highest BCUT2D eigenvalue weighted by molar-refractivity contribution is 5.92. The van der Waals surface area contributed by atoms with Gasteiger partial charge in [0.25, 0.3) is 5.91 Å². The van der Waals surface area contributed by atoms with Gasteiger partial charge in [-0.1, -0.05) is 0 Å². The summed E-state index contributed by atoms with van der Waals surface area (Å²) in [6.45, 7) is 3.46. The highest BCUT2D eigenvalue weighted by atomic mass is 16.5. The number of aromatic nitrogens is 1. The fraction of sp³-hybridized carbons (Fsp3) is 0.647. The van der Waals surface area contributed by atoms with Crippen LogP contribution in [0.15, 0.2) is 18.3 Å². The number of likely N-dealkylation sites (tertiary alicyclic amines) is 1. The van der Waals surface area contributed by atoms with E-state index < -0.39 is 0 Å². The van der Waals surface area contributed by atoms with Gasteiger partial charge in [0.05, 0.1) is 0 Å². The first-order valence-electron chi connectivity index (χ1n) is 8.26. The zero-order valence-electron chi connectivity index (χ0n) is 13.3. The van der Waals surface area contributed by atoms with E-state index in [2.05, 4.69) is 22.2 Å². The minimum Gasteiger partial charge on any atom is -0.381 e. The van der Waals surface area contributed by atoms with Crippen LogP contribution >= 0.6 is 0 Å². The van der Waals surface area contributed by atoms with E-state index >= 15 is 0 Å². The summed E-state index contributed by atoms with van der Waals surface area (Å²) in [5.41, 5.74) is 1.73. The first-order chi connectivity index (χ1) is 10.7. The molecule has 2 fully saturated rings. The molecule has 2 aliphatic rings. The second-order valence-corrected chi connectivity index (χ2v) is 6.38. The monoisotopic (exact) mass is 303 g/mol. The standard InChI is InChI=1S/C17H25N3O2/c1-20-8-2-3-16(20)14-4-7-18-15(11-14)17(21)19-12-13-5-9-22-10-6-13/h4,7,11,13,16H,2-3,5-6,8-10,12H2,1H3,(H,19,21). The lowest BCUT2D eigenvalue weighted by molar-refractivity contribution is 0.0642. The maximum Gasteiger partial charge on any atom is 0.269 e. The molecule has 0 aliphatic carbocycles. The number of carbonyl (C=O) groups excluding carboxylic acids is 1. The van der Waals surface area contributed by atoms with Gasteiger partial charge in [-0.15, -0.1) is 0 Å². The van der Waals surface area contributed by atoms with Crippen LogP contribution in [0.1, 0.15) is 47.8 Å². The van der Waals surface area contributed by atoms with E-state index in [1.165, 1.54) is 12.0 Å². The number of ether oxygens (including phenoxy) is 1. The SMILES string of the molecule is CN1CCCC1c1ccnc(C(=O)NCC2CCOCC2)c1. The summed E-state index contributed by atoms with van der Waals surface area (Å²) in [5, 5.41) is 3.03. The van der Waals surface area contributed by atoms with Crippen molar-refractivity contribution in [3.05, 3.63) is 29.6 Å². The van der Waals surface area contributed by atoms with Crippen LogP contribution in [0, 0.1) is 5.92 Å². The molecule has 0 radical (unpaired) electrons. The Balaban J connectivity index is 1.60. The molecular weight excluding hydrogens is 278 g/mol. The van der Waals surface area contributed by atoms with Crippen LogP contribution in [0.5, 0.6) is 0 Å². The van der Waals surface area contributed by atoms with Crippen LogP contribution in [0.2, 0.25) is 0 Å². The van der Waals surface area contributed by atoms with E-state index in [4.69, 9.17) is 4.74 Å². The number of pyridine rings is 1. The molecular formula is C17H25N3O2. The molecule has 1 aromatic heterocycles. The van der Waals surface area contributed by atoms with Gasteiger partial charge in [-0.2, -0.15) is 0 Å². The molecule has 2 saturated heterocycles. The number of nitrogens with zero attached hydrogens (tertiary/aromatic N) is 2. The van der Waals surface area contributed by atoms with Gasteiger partial charge < -0.3 is 10.1 Å². The predicted octanol–water partition coefficient (Wildman–Crippen LogP) is 2.00. The van der Waals surface area contributed by atoms with Crippen LogP contribution in [-0.4, -0.2) is 49.1 Å². The smallest absolute Gasteiger partial charge is 0.269 e. The number of rotatable bonds is 4. The van der Waals surface area contributed by atoms with Gasteiger partial charge in [-0.3, -0.25) is 14.7 Å². The number of amides is 1. The third-order valence-electron chi connectivity index (χ3n) is 4.81. The molecule has 1 amide bonds. The first-order valence-corrected chi connectivity index (χ1v) is 8.26. The van der Waals surface area contributed by atoms with E-state index in [1.807, 2.05) is 12.1 Å². The molecule has 5 nitrogen and oxygen atoms in total. The average molecular weight is 303 g/mol. The number of hydrogen-bond donors (Lipinski definition) is 1. The van der Waals surface area contributed by atoms with Gasteiger partial charge in [0.2, 0.25) is 0 Å². The van der Waals surface area contributed by atoms with Gasteiger partial charge in [0, 0.05) is 32.0 Å². The summed E-state index contributed by atoms with van der Waals surface area (Å²) in [6, 6.07) is 4.40. The lowest BCUT2D eigenvalue weighted by Crippen LogP contribution is -2.32. The van der Waals surface area contributed by atoms with Crippen molar-refractivity contribution in [2.75, 3.05) is 33.4 Å². The van der Waals surface area contributed by atoms with Gasteiger partial charge in [-0.05, 0) is 62.9 Å².